The zero-order valence-corrected chi connectivity index (χ0v) is 17.8. The molecule has 0 saturated heterocycles. The van der Waals surface area contributed by atoms with E-state index < -0.39 is 40.0 Å². The van der Waals surface area contributed by atoms with E-state index in [1.165, 1.54) is 30.3 Å². The minimum absolute atomic E-state index is 0.0717. The van der Waals surface area contributed by atoms with Crippen molar-refractivity contribution in [3.8, 4) is 0 Å². The molecular formula is C22H21NO7S. The second kappa shape index (κ2) is 9.13. The van der Waals surface area contributed by atoms with Crippen molar-refractivity contribution in [2.45, 2.75) is 24.7 Å². The van der Waals surface area contributed by atoms with Crippen LogP contribution in [-0.4, -0.2) is 44.1 Å². The molecule has 3 rings (SSSR count). The maximum Gasteiger partial charge on any atom is 0.326 e. The van der Waals surface area contributed by atoms with Crippen LogP contribution in [0.3, 0.4) is 0 Å². The van der Waals surface area contributed by atoms with Gasteiger partial charge in [-0.1, -0.05) is 49.4 Å². The lowest BCUT2D eigenvalue weighted by Gasteiger charge is -2.32. The smallest absolute Gasteiger partial charge is 0.326 e. The first-order valence-electron chi connectivity index (χ1n) is 9.55. The molecule has 0 spiro atoms. The molecule has 0 aliphatic carbocycles. The number of Topliss-reactive ketones (excluding diaryl/α,β-unsaturated/α-hetero) is 1. The first kappa shape index (κ1) is 22.2. The van der Waals surface area contributed by atoms with Crippen molar-refractivity contribution < 1.29 is 32.3 Å². The zero-order valence-electron chi connectivity index (χ0n) is 17.0. The van der Waals surface area contributed by atoms with Crippen LogP contribution in [-0.2, 0) is 29.1 Å². The van der Waals surface area contributed by atoms with E-state index in [0.29, 0.717) is 10.7 Å². The molecule has 31 heavy (non-hydrogen) atoms. The molecular weight excluding hydrogens is 422 g/mol. The number of benzene rings is 2. The molecule has 2 aromatic rings. The second-order valence-electron chi connectivity index (χ2n) is 6.68. The fraction of sp³-hybridized carbons (Fsp3) is 0.227. The average molecular weight is 443 g/mol. The fourth-order valence-electron chi connectivity index (χ4n) is 3.12. The predicted octanol–water partition coefficient (Wildman–Crippen LogP) is 2.76. The lowest BCUT2D eigenvalue weighted by atomic mass is 10.0. The summed E-state index contributed by atoms with van der Waals surface area (Å²) in [6.07, 6.45) is 0.572. The molecule has 0 N–H and O–H groups in total. The topological polar surface area (TPSA) is 107 Å². The third kappa shape index (κ3) is 4.36. The standard InChI is InChI=1S/C22H21NO7S/c1-3-9-18(24)30-22-16-12-7-8-13-17(16)31(27,28)23(14-19(25)29-2)20(22)21(26)15-10-5-4-6-11-15/h4-8,10-13H,3,9,14H2,1-2H3. The maximum atomic E-state index is 13.4. The van der Waals surface area contributed by atoms with Gasteiger partial charge in [0.05, 0.1) is 12.0 Å². The van der Waals surface area contributed by atoms with E-state index in [4.69, 9.17) is 4.74 Å². The van der Waals surface area contributed by atoms with Crippen molar-refractivity contribution in [2.75, 3.05) is 13.7 Å². The van der Waals surface area contributed by atoms with E-state index in [-0.39, 0.29) is 28.2 Å². The second-order valence-corrected chi connectivity index (χ2v) is 8.51. The normalized spacial score (nSPS) is 14.6. The van der Waals surface area contributed by atoms with Crippen molar-refractivity contribution in [2.24, 2.45) is 0 Å². The number of nitrogens with zero attached hydrogens (tertiary/aromatic N) is 1. The first-order chi connectivity index (χ1) is 14.8. The van der Waals surface area contributed by atoms with Crippen LogP contribution >= 0.6 is 0 Å². The summed E-state index contributed by atoms with van der Waals surface area (Å²) >= 11 is 0. The van der Waals surface area contributed by atoms with Crippen molar-refractivity contribution in [3.05, 3.63) is 71.4 Å². The Morgan fingerprint density at radius 1 is 0.935 bits per heavy atom. The van der Waals surface area contributed by atoms with Gasteiger partial charge in [0, 0.05) is 17.5 Å². The molecule has 0 radical (unpaired) electrons. The van der Waals surface area contributed by atoms with Crippen LogP contribution in [0, 0.1) is 0 Å². The highest BCUT2D eigenvalue weighted by molar-refractivity contribution is 7.89. The van der Waals surface area contributed by atoms with Crippen LogP contribution < -0.4 is 0 Å². The van der Waals surface area contributed by atoms with E-state index >= 15 is 0 Å². The number of rotatable bonds is 7. The van der Waals surface area contributed by atoms with E-state index in [2.05, 4.69) is 4.74 Å². The van der Waals surface area contributed by atoms with Gasteiger partial charge in [0.2, 0.25) is 5.78 Å². The lowest BCUT2D eigenvalue weighted by Crippen LogP contribution is -2.42. The highest BCUT2D eigenvalue weighted by Crippen LogP contribution is 2.39. The number of methoxy groups -OCH3 is 1. The summed E-state index contributed by atoms with van der Waals surface area (Å²) in [5.74, 6) is -2.41. The largest absolute Gasteiger partial charge is 0.468 e. The number of hydrogen-bond acceptors (Lipinski definition) is 7. The fourth-order valence-corrected chi connectivity index (χ4v) is 4.73. The Kier molecular flexibility index (Phi) is 6.55. The van der Waals surface area contributed by atoms with E-state index in [1.54, 1.807) is 31.2 Å². The molecule has 1 aliphatic heterocycles. The minimum Gasteiger partial charge on any atom is -0.468 e. The van der Waals surface area contributed by atoms with Crippen LogP contribution in [0.5, 0.6) is 0 Å². The van der Waals surface area contributed by atoms with Gasteiger partial charge in [-0.15, -0.1) is 0 Å². The quantitative estimate of drug-likeness (QED) is 0.478. The number of esters is 2. The number of ketones is 1. The number of carbonyl (C=O) groups is 3. The molecule has 1 heterocycles. The Labute approximate surface area is 180 Å². The number of hydrogen-bond donors (Lipinski definition) is 0. The number of ether oxygens (including phenoxy) is 2. The van der Waals surface area contributed by atoms with Crippen LogP contribution in [0.25, 0.3) is 5.76 Å². The molecule has 8 nitrogen and oxygen atoms in total. The molecule has 1 aliphatic rings. The third-order valence-electron chi connectivity index (χ3n) is 4.59. The Balaban J connectivity index is 2.31. The van der Waals surface area contributed by atoms with Crippen molar-refractivity contribution in [3.63, 3.8) is 0 Å². The van der Waals surface area contributed by atoms with E-state index in [1.807, 2.05) is 0 Å². The molecule has 0 fully saturated rings. The molecule has 0 amide bonds. The van der Waals surface area contributed by atoms with Gasteiger partial charge < -0.3 is 9.47 Å². The van der Waals surface area contributed by atoms with Gasteiger partial charge in [-0.2, -0.15) is 0 Å². The van der Waals surface area contributed by atoms with Crippen molar-refractivity contribution in [1.82, 2.24) is 4.31 Å². The van der Waals surface area contributed by atoms with Crippen LogP contribution in [0.1, 0.15) is 35.7 Å². The Hall–Kier alpha value is -3.46. The highest BCUT2D eigenvalue weighted by Gasteiger charge is 2.42. The van der Waals surface area contributed by atoms with Crippen LogP contribution in [0.15, 0.2) is 65.2 Å². The summed E-state index contributed by atoms with van der Waals surface area (Å²) in [6.45, 7) is 1.03. The maximum absolute atomic E-state index is 13.4. The van der Waals surface area contributed by atoms with Crippen molar-refractivity contribution in [1.29, 1.82) is 0 Å². The minimum atomic E-state index is -4.31. The van der Waals surface area contributed by atoms with E-state index in [0.717, 1.165) is 7.11 Å². The molecule has 162 valence electrons. The van der Waals surface area contributed by atoms with Crippen LogP contribution in [0.2, 0.25) is 0 Å². The molecule has 0 atom stereocenters. The molecule has 0 aromatic heterocycles. The molecule has 2 aromatic carbocycles. The lowest BCUT2D eigenvalue weighted by molar-refractivity contribution is -0.140. The van der Waals surface area contributed by atoms with Crippen LogP contribution in [0.4, 0.5) is 0 Å². The van der Waals surface area contributed by atoms with Gasteiger partial charge in [0.15, 0.2) is 5.76 Å². The highest BCUT2D eigenvalue weighted by atomic mass is 32.2. The zero-order chi connectivity index (χ0) is 22.6. The summed E-state index contributed by atoms with van der Waals surface area (Å²) < 4.78 is 37.5. The Morgan fingerprint density at radius 2 is 1.58 bits per heavy atom. The summed E-state index contributed by atoms with van der Waals surface area (Å²) in [5.41, 5.74) is -0.168. The molecule has 0 saturated carbocycles. The number of sulfonamides is 1. The molecule has 0 unspecified atom stereocenters. The summed E-state index contributed by atoms with van der Waals surface area (Å²) in [6, 6.07) is 13.8. The van der Waals surface area contributed by atoms with Crippen molar-refractivity contribution >= 4 is 33.5 Å². The number of carbonyl (C=O) groups excluding carboxylic acids is 3. The third-order valence-corrected chi connectivity index (χ3v) is 6.39. The summed E-state index contributed by atoms with van der Waals surface area (Å²) in [7, 11) is -3.20. The number of allylic oxidation sites excluding steroid dienone is 1. The van der Waals surface area contributed by atoms with Gasteiger partial charge in [-0.25, -0.2) is 12.7 Å². The monoisotopic (exact) mass is 443 g/mol. The van der Waals surface area contributed by atoms with Gasteiger partial charge in [0.1, 0.15) is 12.2 Å². The van der Waals surface area contributed by atoms with Gasteiger partial charge >= 0.3 is 11.9 Å². The summed E-state index contributed by atoms with van der Waals surface area (Å²) in [5, 5.41) is 0. The Morgan fingerprint density at radius 3 is 2.23 bits per heavy atom. The predicted molar refractivity (Wildman–Crippen MR) is 111 cm³/mol. The van der Waals surface area contributed by atoms with Gasteiger partial charge in [-0.05, 0) is 18.6 Å². The Bertz CT molecular complexity index is 1150. The number of fused-ring (bicyclic) bond motifs is 1. The van der Waals surface area contributed by atoms with E-state index in [9.17, 15) is 22.8 Å². The molecule has 0 bridgehead atoms. The summed E-state index contributed by atoms with van der Waals surface area (Å²) in [4.78, 5) is 37.6. The average Bonchev–Trinajstić information content (AvgIpc) is 2.77. The van der Waals surface area contributed by atoms with Gasteiger partial charge in [-0.3, -0.25) is 14.4 Å². The SMILES string of the molecule is CCCC(=O)OC1=C(C(=O)c2ccccc2)N(CC(=O)OC)S(=O)(=O)c2ccccc21. The first-order valence-corrected chi connectivity index (χ1v) is 11.0. The van der Waals surface area contributed by atoms with Gasteiger partial charge in [0.25, 0.3) is 10.0 Å². The molecule has 9 heteroatoms.